The molecule has 20 heavy (non-hydrogen) atoms. The maximum Gasteiger partial charge on any atom is 0.329 e. The highest BCUT2D eigenvalue weighted by atomic mass is 16.4. The summed E-state index contributed by atoms with van der Waals surface area (Å²) in [6.45, 7) is 7.25. The molecule has 1 aromatic heterocycles. The van der Waals surface area contributed by atoms with Gasteiger partial charge in [0, 0.05) is 12.7 Å². The van der Waals surface area contributed by atoms with Crippen molar-refractivity contribution in [2.75, 3.05) is 6.54 Å². The largest absolute Gasteiger partial charge is 0.480 e. The van der Waals surface area contributed by atoms with Crippen molar-refractivity contribution in [1.29, 1.82) is 0 Å². The van der Waals surface area contributed by atoms with Gasteiger partial charge in [-0.1, -0.05) is 6.07 Å². The lowest BCUT2D eigenvalue weighted by Crippen LogP contribution is -2.55. The van der Waals surface area contributed by atoms with Gasteiger partial charge in [0.15, 0.2) is 0 Å². The van der Waals surface area contributed by atoms with Crippen LogP contribution in [0.15, 0.2) is 18.3 Å². The van der Waals surface area contributed by atoms with E-state index in [9.17, 15) is 14.7 Å². The molecule has 0 aliphatic rings. The first-order valence-electron chi connectivity index (χ1n) is 6.50. The van der Waals surface area contributed by atoms with Gasteiger partial charge in [-0.15, -0.1) is 0 Å². The highest BCUT2D eigenvalue weighted by molar-refractivity contribution is 5.85. The highest BCUT2D eigenvalue weighted by Gasteiger charge is 2.36. The Morgan fingerprint density at radius 1 is 1.45 bits per heavy atom. The third kappa shape index (κ3) is 3.46. The minimum absolute atomic E-state index is 0.276. The van der Waals surface area contributed by atoms with E-state index < -0.39 is 17.5 Å². The number of aromatic nitrogens is 1. The van der Waals surface area contributed by atoms with Crippen molar-refractivity contribution in [2.24, 2.45) is 0 Å². The van der Waals surface area contributed by atoms with E-state index in [1.807, 2.05) is 19.1 Å². The molecule has 1 aromatic rings. The molecule has 1 heterocycles. The second-order valence-electron chi connectivity index (χ2n) is 5.03. The second kappa shape index (κ2) is 6.36. The van der Waals surface area contributed by atoms with Gasteiger partial charge in [0.2, 0.25) is 0 Å². The number of carbonyl (C=O) groups is 2. The Balaban J connectivity index is 2.75. The van der Waals surface area contributed by atoms with Gasteiger partial charge in [-0.05, 0) is 39.3 Å². The topological polar surface area (TPSA) is 82.5 Å². The molecule has 0 aromatic carbocycles. The molecule has 6 heteroatoms. The van der Waals surface area contributed by atoms with E-state index in [0.717, 1.165) is 11.3 Å². The first kappa shape index (κ1) is 15.9. The predicted molar refractivity (Wildman–Crippen MR) is 75.3 cm³/mol. The van der Waals surface area contributed by atoms with Crippen molar-refractivity contribution in [3.05, 3.63) is 29.6 Å². The fourth-order valence-electron chi connectivity index (χ4n) is 1.87. The van der Waals surface area contributed by atoms with Gasteiger partial charge >= 0.3 is 12.0 Å². The molecule has 0 aliphatic heterocycles. The maximum absolute atomic E-state index is 12.1. The number of amides is 2. The number of aryl methyl sites for hydroxylation is 1. The van der Waals surface area contributed by atoms with E-state index in [4.69, 9.17) is 0 Å². The van der Waals surface area contributed by atoms with Gasteiger partial charge in [-0.2, -0.15) is 0 Å². The maximum atomic E-state index is 12.1. The Morgan fingerprint density at radius 3 is 2.60 bits per heavy atom. The molecule has 1 rings (SSSR count). The molecule has 2 N–H and O–H groups in total. The summed E-state index contributed by atoms with van der Waals surface area (Å²) in [6.07, 6.45) is 1.66. The molecule has 0 radical (unpaired) electrons. The fourth-order valence-corrected chi connectivity index (χ4v) is 1.87. The van der Waals surface area contributed by atoms with E-state index in [-0.39, 0.29) is 6.54 Å². The summed E-state index contributed by atoms with van der Waals surface area (Å²) in [5.74, 6) is -1.04. The van der Waals surface area contributed by atoms with Crippen LogP contribution in [0.4, 0.5) is 4.79 Å². The normalized spacial score (nSPS) is 11.0. The Hall–Kier alpha value is -2.11. The monoisotopic (exact) mass is 279 g/mol. The van der Waals surface area contributed by atoms with Crippen LogP contribution in [-0.4, -0.2) is 39.1 Å². The molecule has 0 fully saturated rings. The predicted octanol–water partition coefficient (Wildman–Crippen LogP) is 1.78. The number of hydrogen-bond acceptors (Lipinski definition) is 3. The van der Waals surface area contributed by atoms with Crippen molar-refractivity contribution >= 4 is 12.0 Å². The minimum Gasteiger partial charge on any atom is -0.480 e. The van der Waals surface area contributed by atoms with Crippen LogP contribution in [0, 0.1) is 6.92 Å². The highest BCUT2D eigenvalue weighted by Crippen LogP contribution is 2.14. The summed E-state index contributed by atoms with van der Waals surface area (Å²) in [7, 11) is 0. The third-order valence-corrected chi connectivity index (χ3v) is 3.28. The number of carbonyl (C=O) groups excluding carboxylic acids is 1. The summed E-state index contributed by atoms with van der Waals surface area (Å²) in [5.41, 5.74) is 0.497. The Kier molecular flexibility index (Phi) is 5.07. The van der Waals surface area contributed by atoms with E-state index in [0.29, 0.717) is 6.54 Å². The summed E-state index contributed by atoms with van der Waals surface area (Å²) >= 11 is 0. The first-order valence-corrected chi connectivity index (χ1v) is 6.50. The molecule has 2 amide bonds. The molecule has 6 nitrogen and oxygen atoms in total. The van der Waals surface area contributed by atoms with Crippen LogP contribution in [0.5, 0.6) is 0 Å². The van der Waals surface area contributed by atoms with Crippen molar-refractivity contribution in [2.45, 2.75) is 39.8 Å². The molecule has 0 unspecified atom stereocenters. The minimum atomic E-state index is -1.25. The zero-order valence-electron chi connectivity index (χ0n) is 12.3. The molecule has 110 valence electrons. The Labute approximate surface area is 118 Å². The molecular weight excluding hydrogens is 258 g/mol. The third-order valence-electron chi connectivity index (χ3n) is 3.28. The molecule has 0 aliphatic carbocycles. The second-order valence-corrected chi connectivity index (χ2v) is 5.03. The van der Waals surface area contributed by atoms with E-state index >= 15 is 0 Å². The van der Waals surface area contributed by atoms with Crippen LogP contribution in [-0.2, 0) is 11.3 Å². The van der Waals surface area contributed by atoms with Gasteiger partial charge in [-0.3, -0.25) is 4.98 Å². The van der Waals surface area contributed by atoms with Gasteiger partial charge in [0.25, 0.3) is 0 Å². The number of pyridine rings is 1. The van der Waals surface area contributed by atoms with Crippen LogP contribution >= 0.6 is 0 Å². The Bertz CT molecular complexity index is 500. The average Bonchev–Trinajstić information content (AvgIpc) is 2.38. The van der Waals surface area contributed by atoms with Crippen molar-refractivity contribution in [3.63, 3.8) is 0 Å². The summed E-state index contributed by atoms with van der Waals surface area (Å²) < 4.78 is 0. The number of nitrogens with zero attached hydrogens (tertiary/aromatic N) is 2. The number of carboxylic acid groups (broad SMARTS) is 1. The molecule has 0 saturated carbocycles. The summed E-state index contributed by atoms with van der Waals surface area (Å²) in [5, 5.41) is 11.9. The lowest BCUT2D eigenvalue weighted by molar-refractivity contribution is -0.147. The molecule has 0 atom stereocenters. The van der Waals surface area contributed by atoms with Gasteiger partial charge in [0.1, 0.15) is 5.54 Å². The van der Waals surface area contributed by atoms with Crippen molar-refractivity contribution in [3.8, 4) is 0 Å². The van der Waals surface area contributed by atoms with Crippen LogP contribution < -0.4 is 5.32 Å². The van der Waals surface area contributed by atoms with Crippen LogP contribution in [0.3, 0.4) is 0 Å². The lowest BCUT2D eigenvalue weighted by Gasteiger charge is -2.34. The van der Waals surface area contributed by atoms with Gasteiger partial charge in [-0.25, -0.2) is 9.59 Å². The Morgan fingerprint density at radius 2 is 2.10 bits per heavy atom. The number of urea groups is 1. The standard InChI is InChI=1S/C14H21N3O3/c1-5-17(14(3,4)12(18)19)13(20)16-9-11-10(2)7-6-8-15-11/h6-8H,5,9H2,1-4H3,(H,16,20)(H,18,19). The number of nitrogens with one attached hydrogen (secondary N) is 1. The number of hydrogen-bond donors (Lipinski definition) is 2. The lowest BCUT2D eigenvalue weighted by atomic mass is 10.0. The fraction of sp³-hybridized carbons (Fsp3) is 0.500. The number of aliphatic carboxylic acids is 1. The molecule has 0 saturated heterocycles. The number of carboxylic acids is 1. The number of rotatable bonds is 5. The van der Waals surface area contributed by atoms with Crippen LogP contribution in [0.1, 0.15) is 32.0 Å². The molecule has 0 bridgehead atoms. The summed E-state index contributed by atoms with van der Waals surface area (Å²) in [6, 6.07) is 3.32. The smallest absolute Gasteiger partial charge is 0.329 e. The average molecular weight is 279 g/mol. The van der Waals surface area contributed by atoms with Crippen LogP contribution in [0.25, 0.3) is 0 Å². The first-order chi connectivity index (χ1) is 9.30. The quantitative estimate of drug-likeness (QED) is 0.860. The zero-order valence-corrected chi connectivity index (χ0v) is 12.3. The van der Waals surface area contributed by atoms with Gasteiger partial charge in [0.05, 0.1) is 12.2 Å². The summed E-state index contributed by atoms with van der Waals surface area (Å²) in [4.78, 5) is 28.8. The van der Waals surface area contributed by atoms with Gasteiger partial charge < -0.3 is 15.3 Å². The van der Waals surface area contributed by atoms with E-state index in [1.54, 1.807) is 13.1 Å². The van der Waals surface area contributed by atoms with Crippen molar-refractivity contribution in [1.82, 2.24) is 15.2 Å². The SMILES string of the molecule is CCN(C(=O)NCc1ncccc1C)C(C)(C)C(=O)O. The van der Waals surface area contributed by atoms with E-state index in [1.165, 1.54) is 18.7 Å². The van der Waals surface area contributed by atoms with Crippen LogP contribution in [0.2, 0.25) is 0 Å². The molecular formula is C14H21N3O3. The number of likely N-dealkylation sites (N-methyl/N-ethyl adjacent to an activating group) is 1. The zero-order chi connectivity index (χ0) is 15.3. The van der Waals surface area contributed by atoms with E-state index in [2.05, 4.69) is 10.3 Å². The van der Waals surface area contributed by atoms with Crippen molar-refractivity contribution < 1.29 is 14.7 Å². The molecule has 0 spiro atoms.